The number of amides is 1. The van der Waals surface area contributed by atoms with E-state index in [2.05, 4.69) is 36.3 Å². The Morgan fingerprint density at radius 3 is 2.81 bits per heavy atom. The van der Waals surface area contributed by atoms with Crippen LogP contribution in [-0.2, 0) is 4.79 Å². The maximum Gasteiger partial charge on any atom is 0.213 e. The van der Waals surface area contributed by atoms with Gasteiger partial charge in [0.1, 0.15) is 0 Å². The summed E-state index contributed by atoms with van der Waals surface area (Å²) < 4.78 is 0. The number of aryl methyl sites for hydroxylation is 2. The Labute approximate surface area is 98.2 Å². The summed E-state index contributed by atoms with van der Waals surface area (Å²) in [6.07, 6.45) is 0.642. The van der Waals surface area contributed by atoms with Crippen LogP contribution in [0.1, 0.15) is 11.1 Å². The van der Waals surface area contributed by atoms with E-state index in [0.29, 0.717) is 11.5 Å². The van der Waals surface area contributed by atoms with E-state index in [4.69, 9.17) is 0 Å². The highest BCUT2D eigenvalue weighted by Gasteiger charge is 2.04. The third-order valence-corrected chi connectivity index (χ3v) is 3.26. The Bertz CT molecular complexity index is 519. The number of carbonyl (C=O) groups excluding carboxylic acids is 1. The van der Waals surface area contributed by atoms with E-state index in [1.807, 2.05) is 11.4 Å². The van der Waals surface area contributed by atoms with Crippen molar-refractivity contribution >= 4 is 22.9 Å². The van der Waals surface area contributed by atoms with Crippen molar-refractivity contribution in [1.82, 2.24) is 4.98 Å². The molecule has 1 aromatic carbocycles. The van der Waals surface area contributed by atoms with Crippen LogP contribution in [0.4, 0.5) is 5.13 Å². The molecule has 0 radical (unpaired) electrons. The molecule has 1 heterocycles. The predicted octanol–water partition coefficient (Wildman–Crippen LogP) is 3.00. The fourth-order valence-electron chi connectivity index (χ4n) is 1.42. The summed E-state index contributed by atoms with van der Waals surface area (Å²) in [5.41, 5.74) is 4.50. The van der Waals surface area contributed by atoms with Crippen LogP contribution in [-0.4, -0.2) is 11.4 Å². The van der Waals surface area contributed by atoms with Gasteiger partial charge < -0.3 is 5.32 Å². The maximum absolute atomic E-state index is 10.3. The molecule has 0 saturated carbocycles. The van der Waals surface area contributed by atoms with Crippen LogP contribution in [0.3, 0.4) is 0 Å². The normalized spacial score (nSPS) is 10.1. The third-order valence-electron chi connectivity index (χ3n) is 2.49. The second-order valence-corrected chi connectivity index (χ2v) is 4.46. The highest BCUT2D eigenvalue weighted by atomic mass is 32.1. The maximum atomic E-state index is 10.3. The minimum Gasteiger partial charge on any atom is -0.305 e. The molecule has 0 bridgehead atoms. The Hall–Kier alpha value is -1.68. The van der Waals surface area contributed by atoms with Crippen LogP contribution in [0.2, 0.25) is 0 Å². The van der Waals surface area contributed by atoms with E-state index >= 15 is 0 Å². The van der Waals surface area contributed by atoms with Crippen molar-refractivity contribution in [3.63, 3.8) is 0 Å². The van der Waals surface area contributed by atoms with Crippen molar-refractivity contribution in [2.24, 2.45) is 0 Å². The average Bonchev–Trinajstić information content (AvgIpc) is 2.71. The van der Waals surface area contributed by atoms with Crippen LogP contribution in [0.25, 0.3) is 11.3 Å². The molecule has 0 aliphatic heterocycles. The molecule has 0 spiro atoms. The number of nitrogens with zero attached hydrogens (tertiary/aromatic N) is 1. The number of carbonyl (C=O) groups is 1. The summed E-state index contributed by atoms with van der Waals surface area (Å²) >= 11 is 1.43. The number of aromatic nitrogens is 1. The van der Waals surface area contributed by atoms with E-state index in [1.165, 1.54) is 22.5 Å². The van der Waals surface area contributed by atoms with Crippen LogP contribution < -0.4 is 5.32 Å². The zero-order valence-corrected chi connectivity index (χ0v) is 9.97. The molecule has 0 atom stereocenters. The van der Waals surface area contributed by atoms with Gasteiger partial charge in [0.25, 0.3) is 0 Å². The molecule has 16 heavy (non-hydrogen) atoms. The fraction of sp³-hybridized carbons (Fsp3) is 0.167. The Morgan fingerprint density at radius 1 is 1.31 bits per heavy atom. The summed E-state index contributed by atoms with van der Waals surface area (Å²) in [5.74, 6) is 0. The first kappa shape index (κ1) is 10.8. The number of anilines is 1. The van der Waals surface area contributed by atoms with Gasteiger partial charge in [0, 0.05) is 10.9 Å². The minimum atomic E-state index is 0.628. The quantitative estimate of drug-likeness (QED) is 0.826. The number of rotatable bonds is 3. The number of hydrogen-bond acceptors (Lipinski definition) is 3. The zero-order chi connectivity index (χ0) is 11.5. The largest absolute Gasteiger partial charge is 0.305 e. The summed E-state index contributed by atoms with van der Waals surface area (Å²) in [7, 11) is 0. The lowest BCUT2D eigenvalue weighted by molar-refractivity contribution is -0.105. The molecule has 2 rings (SSSR count). The Kier molecular flexibility index (Phi) is 3.01. The Balaban J connectivity index is 2.34. The molecule has 2 aromatic rings. The molecule has 0 unspecified atom stereocenters. The lowest BCUT2D eigenvalue weighted by Crippen LogP contribution is -1.92. The smallest absolute Gasteiger partial charge is 0.213 e. The average molecular weight is 232 g/mol. The van der Waals surface area contributed by atoms with Crippen LogP contribution >= 0.6 is 11.3 Å². The van der Waals surface area contributed by atoms with Gasteiger partial charge in [0.05, 0.1) is 5.69 Å². The standard InChI is InChI=1S/C12H12N2OS/c1-8-3-4-10(5-9(8)2)11-6-16-12(14-11)13-7-15/h3-7H,1-2H3,(H,13,14,15). The van der Waals surface area contributed by atoms with Gasteiger partial charge in [0.2, 0.25) is 6.41 Å². The van der Waals surface area contributed by atoms with Gasteiger partial charge in [-0.2, -0.15) is 0 Å². The van der Waals surface area contributed by atoms with Gasteiger partial charge in [0.15, 0.2) is 5.13 Å². The van der Waals surface area contributed by atoms with E-state index in [1.54, 1.807) is 0 Å². The molecule has 82 valence electrons. The first-order chi connectivity index (χ1) is 7.70. The van der Waals surface area contributed by atoms with Crippen molar-refractivity contribution in [1.29, 1.82) is 0 Å². The monoisotopic (exact) mass is 232 g/mol. The highest BCUT2D eigenvalue weighted by Crippen LogP contribution is 2.25. The summed E-state index contributed by atoms with van der Waals surface area (Å²) in [6.45, 7) is 4.16. The second kappa shape index (κ2) is 4.45. The van der Waals surface area contributed by atoms with Gasteiger partial charge in [-0.3, -0.25) is 4.79 Å². The molecule has 1 aromatic heterocycles. The van der Waals surface area contributed by atoms with Crippen LogP contribution in [0, 0.1) is 13.8 Å². The lowest BCUT2D eigenvalue weighted by atomic mass is 10.1. The highest BCUT2D eigenvalue weighted by molar-refractivity contribution is 7.14. The third kappa shape index (κ3) is 2.12. The molecule has 1 N–H and O–H groups in total. The molecule has 0 saturated heterocycles. The summed E-state index contributed by atoms with van der Waals surface area (Å²) in [5, 5.41) is 5.12. The summed E-state index contributed by atoms with van der Waals surface area (Å²) in [4.78, 5) is 14.6. The van der Waals surface area contributed by atoms with Gasteiger partial charge in [-0.15, -0.1) is 11.3 Å². The van der Waals surface area contributed by atoms with E-state index in [-0.39, 0.29) is 0 Å². The van der Waals surface area contributed by atoms with Crippen LogP contribution in [0.5, 0.6) is 0 Å². The van der Waals surface area contributed by atoms with Crippen molar-refractivity contribution in [2.75, 3.05) is 5.32 Å². The Morgan fingerprint density at radius 2 is 2.12 bits per heavy atom. The fourth-order valence-corrected chi connectivity index (χ4v) is 2.10. The van der Waals surface area contributed by atoms with Crippen LogP contribution in [0.15, 0.2) is 23.6 Å². The molecule has 0 fully saturated rings. The predicted molar refractivity (Wildman–Crippen MR) is 66.7 cm³/mol. The molecule has 4 heteroatoms. The van der Waals surface area contributed by atoms with Gasteiger partial charge >= 0.3 is 0 Å². The van der Waals surface area contributed by atoms with Gasteiger partial charge in [-0.25, -0.2) is 4.98 Å². The van der Waals surface area contributed by atoms with Crippen molar-refractivity contribution < 1.29 is 4.79 Å². The van der Waals surface area contributed by atoms with E-state index < -0.39 is 0 Å². The van der Waals surface area contributed by atoms with Gasteiger partial charge in [-0.1, -0.05) is 12.1 Å². The molecule has 0 aliphatic carbocycles. The number of benzene rings is 1. The molecular weight excluding hydrogens is 220 g/mol. The molecule has 3 nitrogen and oxygen atoms in total. The topological polar surface area (TPSA) is 42.0 Å². The number of nitrogens with one attached hydrogen (secondary N) is 1. The second-order valence-electron chi connectivity index (χ2n) is 3.60. The van der Waals surface area contributed by atoms with Gasteiger partial charge in [-0.05, 0) is 31.0 Å². The SMILES string of the molecule is Cc1ccc(-c2csc(NC=O)n2)cc1C. The van der Waals surface area contributed by atoms with Crippen molar-refractivity contribution in [2.45, 2.75) is 13.8 Å². The zero-order valence-electron chi connectivity index (χ0n) is 9.15. The van der Waals surface area contributed by atoms with Crippen molar-refractivity contribution in [3.05, 3.63) is 34.7 Å². The van der Waals surface area contributed by atoms with Crippen molar-refractivity contribution in [3.8, 4) is 11.3 Å². The van der Waals surface area contributed by atoms with E-state index in [9.17, 15) is 4.79 Å². The first-order valence-electron chi connectivity index (χ1n) is 4.94. The minimum absolute atomic E-state index is 0.628. The lowest BCUT2D eigenvalue weighted by Gasteiger charge is -2.02. The number of hydrogen-bond donors (Lipinski definition) is 1. The number of thiazole rings is 1. The summed E-state index contributed by atoms with van der Waals surface area (Å²) in [6, 6.07) is 6.23. The molecule has 1 amide bonds. The molecule has 0 aliphatic rings. The van der Waals surface area contributed by atoms with E-state index in [0.717, 1.165) is 11.3 Å². The molecular formula is C12H12N2OS. The first-order valence-corrected chi connectivity index (χ1v) is 5.82.